The summed E-state index contributed by atoms with van der Waals surface area (Å²) in [7, 11) is -0.441. The normalized spacial score (nSPS) is 25.7. The van der Waals surface area contributed by atoms with Crippen LogP contribution >= 0.6 is 0 Å². The lowest BCUT2D eigenvalue weighted by molar-refractivity contribution is -0.0290. The van der Waals surface area contributed by atoms with Gasteiger partial charge in [0.2, 0.25) is 8.32 Å². The van der Waals surface area contributed by atoms with Crippen molar-refractivity contribution in [1.82, 2.24) is 0 Å². The van der Waals surface area contributed by atoms with Gasteiger partial charge in [0.05, 0.1) is 11.8 Å². The molecule has 0 unspecified atom stereocenters. The minimum atomic E-state index is -2.01. The van der Waals surface area contributed by atoms with Gasteiger partial charge in [0.1, 0.15) is 19.0 Å². The van der Waals surface area contributed by atoms with Crippen molar-refractivity contribution in [2.45, 2.75) is 84.1 Å². The molecule has 3 atom stereocenters. The van der Waals surface area contributed by atoms with Crippen molar-refractivity contribution in [3.63, 3.8) is 0 Å². The van der Waals surface area contributed by atoms with Crippen molar-refractivity contribution in [1.29, 1.82) is 0 Å². The molecule has 0 aliphatic heterocycles. The Bertz CT molecular complexity index is 533. The van der Waals surface area contributed by atoms with Gasteiger partial charge in [-0.1, -0.05) is 25.9 Å². The smallest absolute Gasteiger partial charge is 0.241 e. The van der Waals surface area contributed by atoms with Crippen LogP contribution in [-0.2, 0) is 18.4 Å². The third-order valence-electron chi connectivity index (χ3n) is 5.24. The lowest BCUT2D eigenvalue weighted by Crippen LogP contribution is -2.53. The highest BCUT2D eigenvalue weighted by molar-refractivity contribution is 6.74. The van der Waals surface area contributed by atoms with E-state index in [0.29, 0.717) is 0 Å². The zero-order valence-corrected chi connectivity index (χ0v) is 20.6. The van der Waals surface area contributed by atoms with Gasteiger partial charge < -0.3 is 18.4 Å². The first-order valence-corrected chi connectivity index (χ1v) is 15.7. The van der Waals surface area contributed by atoms with E-state index in [1.54, 1.807) is 14.2 Å². The topological polar surface area (TPSA) is 49.3 Å². The van der Waals surface area contributed by atoms with Gasteiger partial charge in [-0.25, -0.2) is 0 Å². The Balaban J connectivity index is 3.30. The molecule has 0 aromatic carbocycles. The summed E-state index contributed by atoms with van der Waals surface area (Å²) in [5.74, 6) is 1.05. The second kappa shape index (κ2) is 8.58. The maximum absolute atomic E-state index is 6.81. The van der Waals surface area contributed by atoms with Gasteiger partial charge in [-0.05, 0) is 57.2 Å². The average molecular weight is 402 g/mol. The first kappa shape index (κ1) is 23.4. The van der Waals surface area contributed by atoms with Gasteiger partial charge >= 0.3 is 0 Å². The number of ether oxygens (including phenoxy) is 1. The van der Waals surface area contributed by atoms with E-state index in [4.69, 9.17) is 18.4 Å². The summed E-state index contributed by atoms with van der Waals surface area (Å²) in [5, 5.41) is 4.27. The largest absolute Gasteiger partial charge is 0.546 e. The lowest BCUT2D eigenvalue weighted by Gasteiger charge is -2.45. The number of methoxy groups -OCH3 is 1. The van der Waals surface area contributed by atoms with Crippen LogP contribution in [0, 0.1) is 5.92 Å². The molecule has 0 bridgehead atoms. The van der Waals surface area contributed by atoms with E-state index >= 15 is 0 Å². The van der Waals surface area contributed by atoms with Crippen molar-refractivity contribution in [3.8, 4) is 0 Å². The molecule has 0 aromatic rings. The first-order valence-electron chi connectivity index (χ1n) is 9.41. The summed E-state index contributed by atoms with van der Waals surface area (Å²) in [6.45, 7) is 19.9. The van der Waals surface area contributed by atoms with Gasteiger partial charge in [0, 0.05) is 13.0 Å². The summed E-state index contributed by atoms with van der Waals surface area (Å²) in [6, 6.07) is 0. The molecule has 5 nitrogen and oxygen atoms in total. The zero-order chi connectivity index (χ0) is 20.3. The Labute approximate surface area is 162 Å². The molecule has 0 radical (unpaired) electrons. The molecule has 0 amide bonds. The average Bonchev–Trinajstić information content (AvgIpc) is 2.46. The number of hydrogen-bond donors (Lipinski definition) is 0. The number of oxime groups is 1. The molecule has 26 heavy (non-hydrogen) atoms. The van der Waals surface area contributed by atoms with Gasteiger partial charge in [0.25, 0.3) is 0 Å². The van der Waals surface area contributed by atoms with Crippen LogP contribution in [0.2, 0.25) is 37.8 Å². The fraction of sp³-hybridized carbons (Fsp3) is 0.842. The molecule has 0 spiro atoms. The Hall–Kier alpha value is -0.636. The molecule has 0 aromatic heterocycles. The van der Waals surface area contributed by atoms with Gasteiger partial charge in [-0.3, -0.25) is 0 Å². The Morgan fingerprint density at radius 1 is 1.12 bits per heavy atom. The first-order chi connectivity index (χ1) is 11.7. The van der Waals surface area contributed by atoms with Crippen molar-refractivity contribution >= 4 is 22.3 Å². The van der Waals surface area contributed by atoms with Crippen LogP contribution in [0.5, 0.6) is 0 Å². The molecule has 1 rings (SSSR count). The molecule has 0 saturated heterocycles. The van der Waals surface area contributed by atoms with Crippen molar-refractivity contribution in [2.75, 3.05) is 14.2 Å². The lowest BCUT2D eigenvalue weighted by atomic mass is 9.85. The van der Waals surface area contributed by atoms with Crippen molar-refractivity contribution in [2.24, 2.45) is 11.1 Å². The van der Waals surface area contributed by atoms with Gasteiger partial charge in [0.15, 0.2) is 8.32 Å². The molecule has 0 N–H and O–H groups in total. The van der Waals surface area contributed by atoms with Crippen molar-refractivity contribution < 1.29 is 18.4 Å². The highest BCUT2D eigenvalue weighted by Crippen LogP contribution is 2.41. The maximum atomic E-state index is 6.81. The summed E-state index contributed by atoms with van der Waals surface area (Å²) >= 11 is 0. The van der Waals surface area contributed by atoms with Crippen LogP contribution < -0.4 is 0 Å². The molecule has 7 heteroatoms. The van der Waals surface area contributed by atoms with Crippen LogP contribution in [0.25, 0.3) is 0 Å². The van der Waals surface area contributed by atoms with E-state index in [1.807, 2.05) is 6.92 Å². The molecule has 0 heterocycles. The summed E-state index contributed by atoms with van der Waals surface area (Å²) in [6.07, 6.45) is 2.63. The van der Waals surface area contributed by atoms with Crippen LogP contribution in [-0.4, -0.2) is 48.8 Å². The third kappa shape index (κ3) is 5.94. The molecule has 0 fully saturated rings. The van der Waals surface area contributed by atoms with E-state index in [0.717, 1.165) is 17.9 Å². The monoisotopic (exact) mass is 401 g/mol. The second-order valence-corrected chi connectivity index (χ2v) is 18.8. The van der Waals surface area contributed by atoms with E-state index in [-0.39, 0.29) is 23.2 Å². The molecule has 1 aliphatic carbocycles. The number of rotatable bonds is 7. The quantitative estimate of drug-likeness (QED) is 0.335. The number of hydrogen-bond acceptors (Lipinski definition) is 5. The highest BCUT2D eigenvalue weighted by Gasteiger charge is 2.46. The molecule has 152 valence electrons. The molecular weight excluding hydrogens is 362 g/mol. The predicted octanol–water partition coefficient (Wildman–Crippen LogP) is 5.17. The zero-order valence-electron chi connectivity index (χ0n) is 18.6. The fourth-order valence-corrected chi connectivity index (χ4v) is 4.99. The van der Waals surface area contributed by atoms with Crippen LogP contribution in [0.15, 0.2) is 17.0 Å². The van der Waals surface area contributed by atoms with E-state index in [2.05, 4.69) is 64.7 Å². The fourth-order valence-electron chi connectivity index (χ4n) is 2.85. The minimum absolute atomic E-state index is 0.109. The van der Waals surface area contributed by atoms with Crippen LogP contribution in [0.4, 0.5) is 0 Å². The molecule has 0 saturated carbocycles. The van der Waals surface area contributed by atoms with Crippen molar-refractivity contribution in [3.05, 3.63) is 11.8 Å². The van der Waals surface area contributed by atoms with Gasteiger partial charge in [-0.15, -0.1) is 0 Å². The summed E-state index contributed by atoms with van der Waals surface area (Å²) < 4.78 is 19.2. The second-order valence-electron chi connectivity index (χ2n) is 9.58. The Kier molecular flexibility index (Phi) is 7.73. The minimum Gasteiger partial charge on any atom is -0.546 e. The van der Waals surface area contributed by atoms with E-state index in [1.165, 1.54) is 0 Å². The predicted molar refractivity (Wildman–Crippen MR) is 114 cm³/mol. The number of nitrogens with zero attached hydrogens (tertiary/aromatic N) is 1. The third-order valence-corrected chi connectivity index (χ3v) is 10.5. The van der Waals surface area contributed by atoms with E-state index in [9.17, 15) is 0 Å². The molecule has 1 aliphatic rings. The maximum Gasteiger partial charge on any atom is 0.241 e. The summed E-state index contributed by atoms with van der Waals surface area (Å²) in [4.78, 5) is 5.00. The van der Waals surface area contributed by atoms with Crippen LogP contribution in [0.1, 0.15) is 34.1 Å². The SMILES string of the molecule is CO/N=C(/C)[C@H]1CC=C(O[Si](C)(C)C)[C@@H](O[Si](C)(C)C(C)(C)C)[C@@H]1OC. The number of allylic oxidation sites excluding steroid dienone is 1. The Morgan fingerprint density at radius 3 is 2.12 bits per heavy atom. The van der Waals surface area contributed by atoms with Crippen LogP contribution in [0.3, 0.4) is 0 Å². The molecular formula is C19H39NO4Si2. The van der Waals surface area contributed by atoms with Gasteiger partial charge in [-0.2, -0.15) is 0 Å². The Morgan fingerprint density at radius 2 is 1.69 bits per heavy atom. The highest BCUT2D eigenvalue weighted by atomic mass is 28.4. The van der Waals surface area contributed by atoms with E-state index < -0.39 is 16.6 Å². The summed E-state index contributed by atoms with van der Waals surface area (Å²) in [5.41, 5.74) is 0.923. The standard InChI is InChI=1S/C19H39NO4Si2/c1-14(20-22-6)15-12-13-16(23-25(7,8)9)18(17(15)21-5)24-26(10,11)19(2,3)4/h13,15,17-18H,12H2,1-11H3/b20-14-/t15-,17-,18-/m1/s1.